The maximum atomic E-state index is 13.3. The smallest absolute Gasteiger partial charge is 0.416 e. The Morgan fingerprint density at radius 3 is 2.13 bits per heavy atom. The highest BCUT2D eigenvalue weighted by atomic mass is 32.2. The standard InChI is InChI=1S/C20H13F4NO4S/c21-13-4-1-11(2-5-13)10-25-16-7-12(20(22,23)24)3-6-14(16)15-8-17(26)18(27)9-19(15)30(25,28)29/h1-9,26-27H,10H2. The van der Waals surface area contributed by atoms with Gasteiger partial charge in [0, 0.05) is 17.2 Å². The summed E-state index contributed by atoms with van der Waals surface area (Å²) in [6, 6.07) is 9.32. The highest BCUT2D eigenvalue weighted by molar-refractivity contribution is 7.93. The first-order valence-electron chi connectivity index (χ1n) is 8.53. The molecule has 10 heteroatoms. The maximum absolute atomic E-state index is 13.3. The van der Waals surface area contributed by atoms with E-state index in [4.69, 9.17) is 0 Å². The van der Waals surface area contributed by atoms with Crippen LogP contribution in [-0.4, -0.2) is 18.6 Å². The van der Waals surface area contributed by atoms with E-state index in [1.807, 2.05) is 0 Å². The number of fused-ring (bicyclic) bond motifs is 3. The zero-order chi connectivity index (χ0) is 21.8. The van der Waals surface area contributed by atoms with Crippen LogP contribution in [0.15, 0.2) is 59.5 Å². The van der Waals surface area contributed by atoms with Gasteiger partial charge in [0.05, 0.1) is 22.7 Å². The molecule has 0 unspecified atom stereocenters. The van der Waals surface area contributed by atoms with E-state index in [1.54, 1.807) is 0 Å². The van der Waals surface area contributed by atoms with Gasteiger partial charge in [-0.2, -0.15) is 13.2 Å². The number of anilines is 1. The second-order valence-corrected chi connectivity index (χ2v) is 8.54. The number of phenolic OH excluding ortho intramolecular Hbond substituents is 2. The van der Waals surface area contributed by atoms with Crippen molar-refractivity contribution in [3.05, 3.63) is 71.5 Å². The van der Waals surface area contributed by atoms with E-state index in [9.17, 15) is 36.2 Å². The molecule has 0 amide bonds. The monoisotopic (exact) mass is 439 g/mol. The summed E-state index contributed by atoms with van der Waals surface area (Å²) in [7, 11) is -4.40. The van der Waals surface area contributed by atoms with Gasteiger partial charge in [-0.25, -0.2) is 12.8 Å². The molecule has 0 atom stereocenters. The van der Waals surface area contributed by atoms with E-state index in [0.717, 1.165) is 40.7 Å². The molecule has 3 aromatic rings. The Bertz CT molecular complexity index is 1260. The number of hydrogen-bond donors (Lipinski definition) is 2. The number of aromatic hydroxyl groups is 2. The summed E-state index contributed by atoms with van der Waals surface area (Å²) in [6.45, 7) is -0.363. The molecule has 0 bridgehead atoms. The SMILES string of the molecule is O=S1(=O)c2cc(O)c(O)cc2-c2ccc(C(F)(F)F)cc2N1Cc1ccc(F)cc1. The number of hydrogen-bond acceptors (Lipinski definition) is 4. The molecule has 0 saturated carbocycles. The first kappa shape index (κ1) is 20.0. The summed E-state index contributed by atoms with van der Waals surface area (Å²) in [5, 5.41) is 19.6. The Balaban J connectivity index is 1.98. The molecule has 2 N–H and O–H groups in total. The molecule has 1 aliphatic heterocycles. The molecular weight excluding hydrogens is 426 g/mol. The molecule has 156 valence electrons. The van der Waals surface area contributed by atoms with E-state index in [2.05, 4.69) is 0 Å². The fraction of sp³-hybridized carbons (Fsp3) is 0.100. The van der Waals surface area contributed by atoms with Crippen molar-refractivity contribution in [3.8, 4) is 22.6 Å². The predicted octanol–water partition coefficient (Wildman–Crippen LogP) is 4.63. The van der Waals surface area contributed by atoms with Gasteiger partial charge in [0.15, 0.2) is 11.5 Å². The fourth-order valence-electron chi connectivity index (χ4n) is 3.30. The molecule has 30 heavy (non-hydrogen) atoms. The van der Waals surface area contributed by atoms with Crippen molar-refractivity contribution in [3.63, 3.8) is 0 Å². The van der Waals surface area contributed by atoms with Crippen molar-refractivity contribution >= 4 is 15.7 Å². The van der Waals surface area contributed by atoms with Crippen LogP contribution in [0.4, 0.5) is 23.2 Å². The zero-order valence-corrected chi connectivity index (χ0v) is 15.8. The summed E-state index contributed by atoms with van der Waals surface area (Å²) >= 11 is 0. The second kappa shape index (κ2) is 6.63. The second-order valence-electron chi connectivity index (χ2n) is 6.70. The molecule has 0 radical (unpaired) electrons. The Morgan fingerprint density at radius 1 is 0.867 bits per heavy atom. The van der Waals surface area contributed by atoms with E-state index >= 15 is 0 Å². The quantitative estimate of drug-likeness (QED) is 0.451. The predicted molar refractivity (Wildman–Crippen MR) is 100.0 cm³/mol. The van der Waals surface area contributed by atoms with Crippen LogP contribution < -0.4 is 4.31 Å². The van der Waals surface area contributed by atoms with Crippen molar-refractivity contribution in [1.29, 1.82) is 0 Å². The Morgan fingerprint density at radius 2 is 1.50 bits per heavy atom. The van der Waals surface area contributed by atoms with E-state index in [-0.39, 0.29) is 28.3 Å². The van der Waals surface area contributed by atoms with E-state index < -0.39 is 39.1 Å². The third-order valence-corrected chi connectivity index (χ3v) is 6.57. The van der Waals surface area contributed by atoms with Crippen molar-refractivity contribution in [2.75, 3.05) is 4.31 Å². The molecule has 0 fully saturated rings. The normalized spacial score (nSPS) is 14.9. The molecule has 1 heterocycles. The minimum Gasteiger partial charge on any atom is -0.504 e. The lowest BCUT2D eigenvalue weighted by molar-refractivity contribution is -0.137. The first-order valence-corrected chi connectivity index (χ1v) is 9.97. The van der Waals surface area contributed by atoms with Crippen LogP contribution in [0.2, 0.25) is 0 Å². The summed E-state index contributed by atoms with van der Waals surface area (Å²) in [6.07, 6.45) is -4.71. The van der Waals surface area contributed by atoms with Crippen LogP contribution in [0.25, 0.3) is 11.1 Å². The lowest BCUT2D eigenvalue weighted by atomic mass is 9.99. The van der Waals surface area contributed by atoms with Gasteiger partial charge in [-0.15, -0.1) is 0 Å². The fourth-order valence-corrected chi connectivity index (χ4v) is 4.97. The molecule has 0 aliphatic carbocycles. The van der Waals surface area contributed by atoms with Gasteiger partial charge >= 0.3 is 6.18 Å². The number of benzene rings is 3. The number of nitrogens with zero attached hydrogens (tertiary/aromatic N) is 1. The Kier molecular flexibility index (Phi) is 4.42. The number of sulfonamides is 1. The Hall–Kier alpha value is -3.27. The van der Waals surface area contributed by atoms with Gasteiger partial charge in [-0.3, -0.25) is 4.31 Å². The minimum atomic E-state index is -4.71. The first-order chi connectivity index (χ1) is 14.0. The van der Waals surface area contributed by atoms with E-state index in [0.29, 0.717) is 11.6 Å². The van der Waals surface area contributed by atoms with Gasteiger partial charge < -0.3 is 10.2 Å². The van der Waals surface area contributed by atoms with Crippen LogP contribution in [0.1, 0.15) is 11.1 Å². The van der Waals surface area contributed by atoms with Gasteiger partial charge in [0.2, 0.25) is 0 Å². The van der Waals surface area contributed by atoms with Gasteiger partial charge in [-0.05, 0) is 35.9 Å². The van der Waals surface area contributed by atoms with Crippen LogP contribution >= 0.6 is 0 Å². The topological polar surface area (TPSA) is 77.8 Å². The van der Waals surface area contributed by atoms with Crippen molar-refractivity contribution in [1.82, 2.24) is 0 Å². The highest BCUT2D eigenvalue weighted by Crippen LogP contribution is 2.48. The molecular formula is C20H13F4NO4S. The lowest BCUT2D eigenvalue weighted by Crippen LogP contribution is -2.34. The van der Waals surface area contributed by atoms with Crippen LogP contribution in [0.5, 0.6) is 11.5 Å². The van der Waals surface area contributed by atoms with Crippen molar-refractivity contribution in [2.45, 2.75) is 17.6 Å². The average Bonchev–Trinajstić information content (AvgIpc) is 2.67. The largest absolute Gasteiger partial charge is 0.504 e. The summed E-state index contributed by atoms with van der Waals surface area (Å²) in [4.78, 5) is -0.368. The summed E-state index contributed by atoms with van der Waals surface area (Å²) in [5.41, 5.74) is -0.858. The molecule has 5 nitrogen and oxygen atoms in total. The molecule has 4 rings (SSSR count). The summed E-state index contributed by atoms with van der Waals surface area (Å²) < 4.78 is 80.3. The van der Waals surface area contributed by atoms with Crippen molar-refractivity contribution < 1.29 is 36.2 Å². The van der Waals surface area contributed by atoms with Crippen molar-refractivity contribution in [2.24, 2.45) is 0 Å². The molecule has 0 spiro atoms. The Labute approximate surface area is 168 Å². The lowest BCUT2D eigenvalue weighted by Gasteiger charge is -2.33. The number of rotatable bonds is 2. The number of alkyl halides is 3. The third-order valence-electron chi connectivity index (χ3n) is 4.77. The van der Waals surface area contributed by atoms with Gasteiger partial charge in [0.25, 0.3) is 10.0 Å². The van der Waals surface area contributed by atoms with E-state index in [1.165, 1.54) is 12.1 Å². The maximum Gasteiger partial charge on any atom is 0.416 e. The highest BCUT2D eigenvalue weighted by Gasteiger charge is 2.39. The molecule has 0 saturated heterocycles. The minimum absolute atomic E-state index is 0.0376. The van der Waals surface area contributed by atoms with Gasteiger partial charge in [-0.1, -0.05) is 18.2 Å². The molecule has 3 aromatic carbocycles. The molecule has 0 aromatic heterocycles. The zero-order valence-electron chi connectivity index (χ0n) is 15.0. The van der Waals surface area contributed by atoms with Crippen LogP contribution in [0, 0.1) is 5.82 Å². The van der Waals surface area contributed by atoms with Crippen LogP contribution in [0.3, 0.4) is 0 Å². The summed E-state index contributed by atoms with van der Waals surface area (Å²) in [5.74, 6) is -1.85. The number of phenols is 2. The average molecular weight is 439 g/mol. The number of halogens is 4. The van der Waals surface area contributed by atoms with Gasteiger partial charge in [0.1, 0.15) is 5.82 Å². The van der Waals surface area contributed by atoms with Crippen LogP contribution in [-0.2, 0) is 22.7 Å². The molecule has 1 aliphatic rings. The third kappa shape index (κ3) is 3.22.